The van der Waals surface area contributed by atoms with Gasteiger partial charge in [0.2, 0.25) is 0 Å². The molecule has 2 aromatic rings. The Morgan fingerprint density at radius 2 is 1.33 bits per heavy atom. The van der Waals surface area contributed by atoms with E-state index in [0.717, 1.165) is 65.2 Å². The van der Waals surface area contributed by atoms with Crippen LogP contribution in [0.1, 0.15) is 184 Å². The number of hydrogen-bond acceptors (Lipinski definition) is 6. The summed E-state index contributed by atoms with van der Waals surface area (Å²) < 4.78 is 11.2. The predicted octanol–water partition coefficient (Wildman–Crippen LogP) is 11.2. The van der Waals surface area contributed by atoms with E-state index in [1.165, 1.54) is 58.5 Å². The Hall–Kier alpha value is -3.70. The zero-order valence-corrected chi connectivity index (χ0v) is 43.8. The molecule has 2 aromatic heterocycles. The quantitative estimate of drug-likeness (QED) is 0.0740. The zero-order chi connectivity index (χ0) is 47.3. The number of aliphatic hydroxyl groups is 1. The Kier molecular flexibility index (Phi) is 19.0. The number of aromatic nitrogens is 2. The maximum Gasteiger partial charge on any atom is 2.00 e. The topological polar surface area (TPSA) is 146 Å². The fourth-order valence-electron chi connectivity index (χ4n) is 11.1. The molecular formula is C55H78MgN4O6-2. The molecule has 0 saturated carbocycles. The van der Waals surface area contributed by atoms with Crippen LogP contribution < -0.4 is 20.5 Å². The van der Waals surface area contributed by atoms with Crippen molar-refractivity contribution in [2.45, 2.75) is 166 Å². The molecule has 0 radical (unpaired) electrons. The zero-order valence-electron chi connectivity index (χ0n) is 42.4. The third-order valence-corrected chi connectivity index (χ3v) is 15.3. The molecule has 2 unspecified atom stereocenters. The Morgan fingerprint density at radius 1 is 0.758 bits per heavy atom. The Labute approximate surface area is 411 Å². The molecule has 0 spiro atoms. The third kappa shape index (κ3) is 11.9. The van der Waals surface area contributed by atoms with Crippen LogP contribution >= 0.6 is 0 Å². The molecule has 0 amide bonds. The van der Waals surface area contributed by atoms with E-state index >= 15 is 0 Å². The number of rotatable bonds is 21. The monoisotopic (exact) mass is 915 g/mol. The first-order valence-electron chi connectivity index (χ1n) is 25.0. The van der Waals surface area contributed by atoms with Crippen molar-refractivity contribution in [2.75, 3.05) is 13.7 Å². The maximum absolute atomic E-state index is 13.7. The number of hydrogen-bond donors (Lipinski definition) is 1. The molecule has 1 N–H and O–H groups in total. The standard InChI is InChI=1S/C55H79N4O6.Mg/c1-13-39-34(7)41-29-46-48(38(11)60)36(9)43(57-46)27-42-35(8)40(52(58-42)50-51(55(63)64-12)54(62)49-37(10)44(59-53(49)50)28-45(39)56-41)23-24-47(61)65-26-25-33(6)22-16-21-32(5)20-15-19-31(4)18-14-17-30(2)3;/h27-35,39-40,51-52H,13-26H2,1-12H3,(H2-,56,57,60,62);/q-3;+2/p-1/b42-27-,45-28-;/t31-,32-,33?,34+,35-,39+,40-,51+,52?;/m0./s1. The molecule has 1 aliphatic carbocycles. The Bertz CT molecular complexity index is 2280. The number of Topliss-reactive ketones (excluding diaryl/α,β-unsaturated/α-hetero) is 1. The van der Waals surface area contributed by atoms with Gasteiger partial charge in [0.15, 0.2) is 5.78 Å². The van der Waals surface area contributed by atoms with Gasteiger partial charge in [-0.05, 0) is 81.0 Å². The summed E-state index contributed by atoms with van der Waals surface area (Å²) in [5.74, 6) is 0.498. The molecule has 358 valence electrons. The molecular weight excluding hydrogens is 837 g/mol. The first-order chi connectivity index (χ1) is 30.9. The number of fused-ring (bicyclic) bond motifs is 8. The molecule has 66 heavy (non-hydrogen) atoms. The summed E-state index contributed by atoms with van der Waals surface area (Å²) in [7, 11) is 1.32. The van der Waals surface area contributed by atoms with Crippen molar-refractivity contribution in [1.29, 1.82) is 0 Å². The fourth-order valence-corrected chi connectivity index (χ4v) is 11.1. The van der Waals surface area contributed by atoms with Gasteiger partial charge < -0.3 is 35.2 Å². The van der Waals surface area contributed by atoms with Crippen LogP contribution in [-0.4, -0.2) is 65.6 Å². The van der Waals surface area contributed by atoms with Gasteiger partial charge in [0.1, 0.15) is 11.7 Å². The molecule has 2 fully saturated rings. The van der Waals surface area contributed by atoms with Crippen LogP contribution in [0.5, 0.6) is 0 Å². The Balaban J connectivity index is 0.00000817. The van der Waals surface area contributed by atoms with Gasteiger partial charge in [-0.3, -0.25) is 14.4 Å². The van der Waals surface area contributed by atoms with E-state index in [1.54, 1.807) is 6.92 Å². The SMILES string of the molecule is CC[C@H]1/C2=C/c3[n-]c4c(c3C)=C(O)[C@H](C(=O)OC)C=4C3[N-]/C(=C\c4[n-]c(c(C(C)=O)c4C)/C=C(/[N-]2)[C@@H]1C)[C@@H](C)[C@@H]3CCC(=O)OCCC(C)CCC[C@@H](C)CCC[C@@H](C)CCCC(C)C.[Mg+2]. The second kappa shape index (κ2) is 23.5. The number of methoxy groups -OCH3 is 1. The van der Waals surface area contributed by atoms with Crippen molar-refractivity contribution in [2.24, 2.45) is 53.3 Å². The molecule has 2 saturated heterocycles. The van der Waals surface area contributed by atoms with E-state index in [0.29, 0.717) is 57.7 Å². The summed E-state index contributed by atoms with van der Waals surface area (Å²) in [6, 6.07) is -0.604. The molecule has 3 aliphatic heterocycles. The molecule has 9 atom stereocenters. The maximum atomic E-state index is 13.7. The molecule has 10 nitrogen and oxygen atoms in total. The van der Waals surface area contributed by atoms with E-state index in [9.17, 15) is 19.5 Å². The molecule has 4 aliphatic rings. The largest absolute Gasteiger partial charge is 2.00 e. The van der Waals surface area contributed by atoms with Crippen LogP contribution in [0.15, 0.2) is 17.1 Å². The number of allylic oxidation sites excluding steroid dienone is 3. The van der Waals surface area contributed by atoms with Gasteiger partial charge in [-0.25, -0.2) is 0 Å². The van der Waals surface area contributed by atoms with E-state index in [4.69, 9.17) is 30.1 Å². The number of nitrogens with zero attached hydrogens (tertiary/aromatic N) is 4. The molecule has 11 heteroatoms. The molecule has 0 aromatic carbocycles. The van der Waals surface area contributed by atoms with Crippen molar-refractivity contribution in [3.63, 3.8) is 0 Å². The second-order valence-corrected chi connectivity index (χ2v) is 20.8. The summed E-state index contributed by atoms with van der Waals surface area (Å²) in [4.78, 5) is 50.5. The van der Waals surface area contributed by atoms with E-state index < -0.39 is 17.9 Å². The van der Waals surface area contributed by atoms with Crippen LogP contribution in [0.25, 0.3) is 40.2 Å². The van der Waals surface area contributed by atoms with Crippen LogP contribution in [0.2, 0.25) is 0 Å². The van der Waals surface area contributed by atoms with E-state index in [-0.39, 0.29) is 70.7 Å². The van der Waals surface area contributed by atoms with Gasteiger partial charge in [-0.2, -0.15) is 17.1 Å². The van der Waals surface area contributed by atoms with Gasteiger partial charge in [0.25, 0.3) is 0 Å². The van der Waals surface area contributed by atoms with Crippen molar-refractivity contribution >= 4 is 70.3 Å². The summed E-state index contributed by atoms with van der Waals surface area (Å²) in [5.41, 5.74) is 7.04. The predicted molar refractivity (Wildman–Crippen MR) is 268 cm³/mol. The minimum atomic E-state index is -1.09. The van der Waals surface area contributed by atoms with Crippen LogP contribution in [-0.2, 0) is 19.1 Å². The van der Waals surface area contributed by atoms with Crippen LogP contribution in [0.4, 0.5) is 0 Å². The van der Waals surface area contributed by atoms with Gasteiger partial charge in [0.05, 0.1) is 13.7 Å². The van der Waals surface area contributed by atoms with Crippen molar-refractivity contribution in [3.05, 3.63) is 72.1 Å². The fraction of sp³-hybridized carbons (Fsp3) is 0.655. The summed E-state index contributed by atoms with van der Waals surface area (Å²) in [6.07, 6.45) is 19.8. The molecule has 6 rings (SSSR count). The second-order valence-electron chi connectivity index (χ2n) is 20.8. The number of carbonyl (C=O) groups is 3. The summed E-state index contributed by atoms with van der Waals surface area (Å²) >= 11 is 0. The van der Waals surface area contributed by atoms with Gasteiger partial charge in [0, 0.05) is 17.2 Å². The number of ether oxygens (including phenoxy) is 2. The average molecular weight is 916 g/mol. The number of carbonyl (C=O) groups excluding carboxylic acids is 3. The van der Waals surface area contributed by atoms with Gasteiger partial charge in [-0.15, -0.1) is 22.4 Å². The minimum Gasteiger partial charge on any atom is -0.681 e. The number of esters is 2. The first-order valence-corrected chi connectivity index (χ1v) is 25.0. The smallest absolute Gasteiger partial charge is 0.681 e. The summed E-state index contributed by atoms with van der Waals surface area (Å²) in [5, 5.41) is 23.4. The first kappa shape index (κ1) is 53.3. The van der Waals surface area contributed by atoms with Gasteiger partial charge >= 0.3 is 35.0 Å². The normalized spacial score (nSPS) is 25.7. The van der Waals surface area contributed by atoms with Crippen molar-refractivity contribution < 1.29 is 29.0 Å². The Morgan fingerprint density at radius 3 is 1.92 bits per heavy atom. The average Bonchev–Trinajstić information content (AvgIpc) is 4.00. The minimum absolute atomic E-state index is 0. The van der Waals surface area contributed by atoms with Crippen molar-refractivity contribution in [1.82, 2.24) is 9.97 Å². The third-order valence-electron chi connectivity index (χ3n) is 15.3. The number of aliphatic hydroxyl groups excluding tert-OH is 1. The van der Waals surface area contributed by atoms with E-state index in [2.05, 4.69) is 55.4 Å². The van der Waals surface area contributed by atoms with Crippen LogP contribution in [0.3, 0.4) is 0 Å². The number of ketones is 1. The molecule has 8 bridgehead atoms. The van der Waals surface area contributed by atoms with Crippen molar-refractivity contribution in [3.8, 4) is 0 Å². The van der Waals surface area contributed by atoms with Crippen LogP contribution in [0, 0.1) is 67.1 Å². The molecule has 5 heterocycles. The summed E-state index contributed by atoms with van der Waals surface area (Å²) in [6.45, 7) is 23.9. The van der Waals surface area contributed by atoms with Gasteiger partial charge in [-0.1, -0.05) is 161 Å². The van der Waals surface area contributed by atoms with E-state index in [1.807, 2.05) is 32.1 Å².